The Bertz CT molecular complexity index is 614. The van der Waals surface area contributed by atoms with Gasteiger partial charge in [-0.15, -0.1) is 11.8 Å². The summed E-state index contributed by atoms with van der Waals surface area (Å²) in [7, 11) is 0. The zero-order chi connectivity index (χ0) is 15.1. The van der Waals surface area contributed by atoms with Crippen LogP contribution in [0.2, 0.25) is 5.02 Å². The van der Waals surface area contributed by atoms with Crippen molar-refractivity contribution < 1.29 is 4.84 Å². The monoisotopic (exact) mass is 339 g/mol. The summed E-state index contributed by atoms with van der Waals surface area (Å²) in [4.78, 5) is 6.08. The van der Waals surface area contributed by atoms with Crippen LogP contribution in [0.5, 0.6) is 0 Å². The minimum Gasteiger partial charge on any atom is -0.395 e. The fourth-order valence-electron chi connectivity index (χ4n) is 1.68. The molecule has 0 saturated heterocycles. The van der Waals surface area contributed by atoms with Crippen molar-refractivity contribution in [3.63, 3.8) is 0 Å². The van der Waals surface area contributed by atoms with Crippen molar-refractivity contribution in [3.05, 3.63) is 64.7 Å². The Hall–Kier alpha value is -1.16. The van der Waals surface area contributed by atoms with Crippen molar-refractivity contribution in [2.75, 3.05) is 6.61 Å². The van der Waals surface area contributed by atoms with Crippen molar-refractivity contribution in [2.24, 2.45) is 5.16 Å². The minimum absolute atomic E-state index is 0.371. The van der Waals surface area contributed by atoms with Crippen molar-refractivity contribution in [2.45, 2.75) is 17.6 Å². The molecule has 0 amide bonds. The number of benzene rings is 2. The van der Waals surface area contributed by atoms with Gasteiger partial charge in [0.15, 0.2) is 5.17 Å². The first kappa shape index (κ1) is 16.2. The van der Waals surface area contributed by atoms with Crippen LogP contribution in [0.25, 0.3) is 0 Å². The molecule has 0 saturated carbocycles. The fourth-order valence-corrected chi connectivity index (χ4v) is 3.08. The maximum Gasteiger partial charge on any atom is 0.176 e. The second kappa shape index (κ2) is 8.32. The predicted octanol–water partition coefficient (Wildman–Crippen LogP) is 5.57. The van der Waals surface area contributed by atoms with Crippen molar-refractivity contribution >= 4 is 40.1 Å². The average Bonchev–Trinajstić information content (AvgIpc) is 2.52. The molecule has 0 aliphatic heterocycles. The molecule has 0 aromatic heterocycles. The number of nitrogens with zero attached hydrogens (tertiary/aromatic N) is 1. The molecule has 0 unspecified atom stereocenters. The Morgan fingerprint density at radius 3 is 2.57 bits per heavy atom. The van der Waals surface area contributed by atoms with Crippen LogP contribution in [0.4, 0.5) is 0 Å². The second-order valence-corrected chi connectivity index (χ2v) is 6.02. The SMILES string of the molecule is CCO/N=C(\Cl)c1ccccc1SCc1ccc(Cl)cc1. The highest BCUT2D eigenvalue weighted by molar-refractivity contribution is 7.98. The fraction of sp³-hybridized carbons (Fsp3) is 0.188. The lowest BCUT2D eigenvalue weighted by atomic mass is 10.2. The summed E-state index contributed by atoms with van der Waals surface area (Å²) in [6.07, 6.45) is 0. The van der Waals surface area contributed by atoms with Crippen LogP contribution in [-0.2, 0) is 10.6 Å². The van der Waals surface area contributed by atoms with Gasteiger partial charge in [0.2, 0.25) is 0 Å². The molecule has 0 bridgehead atoms. The van der Waals surface area contributed by atoms with Crippen LogP contribution < -0.4 is 0 Å². The van der Waals surface area contributed by atoms with Gasteiger partial charge in [-0.25, -0.2) is 0 Å². The molecular formula is C16H15Cl2NOS. The molecule has 0 radical (unpaired) electrons. The van der Waals surface area contributed by atoms with Crippen LogP contribution in [-0.4, -0.2) is 11.8 Å². The molecule has 0 spiro atoms. The topological polar surface area (TPSA) is 21.6 Å². The Labute approximate surface area is 139 Å². The standard InChI is InChI=1S/C16H15Cl2NOS/c1-2-20-19-16(18)14-5-3-4-6-15(14)21-11-12-7-9-13(17)10-8-12/h3-10H,2,11H2,1H3/b19-16-. The van der Waals surface area contributed by atoms with Crippen LogP contribution in [0.3, 0.4) is 0 Å². The lowest BCUT2D eigenvalue weighted by molar-refractivity contribution is 0.160. The summed E-state index contributed by atoms with van der Waals surface area (Å²) in [5.41, 5.74) is 2.09. The third-order valence-electron chi connectivity index (χ3n) is 2.69. The van der Waals surface area contributed by atoms with Gasteiger partial charge in [-0.1, -0.05) is 58.7 Å². The van der Waals surface area contributed by atoms with E-state index in [1.807, 2.05) is 55.5 Å². The minimum atomic E-state index is 0.371. The lowest BCUT2D eigenvalue weighted by Crippen LogP contribution is -1.96. The van der Waals surface area contributed by atoms with Gasteiger partial charge in [0.1, 0.15) is 6.61 Å². The molecule has 0 heterocycles. The summed E-state index contributed by atoms with van der Waals surface area (Å²) in [6.45, 7) is 2.37. The van der Waals surface area contributed by atoms with Gasteiger partial charge in [0, 0.05) is 21.2 Å². The summed E-state index contributed by atoms with van der Waals surface area (Å²) < 4.78 is 0. The van der Waals surface area contributed by atoms with E-state index in [0.29, 0.717) is 11.8 Å². The maximum absolute atomic E-state index is 6.19. The quantitative estimate of drug-likeness (QED) is 0.389. The van der Waals surface area contributed by atoms with Crippen molar-refractivity contribution in [1.82, 2.24) is 0 Å². The number of halogens is 2. The summed E-state index contributed by atoms with van der Waals surface area (Å²) in [6, 6.07) is 15.7. The molecule has 0 N–H and O–H groups in total. The van der Waals surface area contributed by atoms with E-state index < -0.39 is 0 Å². The molecule has 0 aliphatic rings. The van der Waals surface area contributed by atoms with Crippen molar-refractivity contribution in [1.29, 1.82) is 0 Å². The van der Waals surface area contributed by atoms with Gasteiger partial charge >= 0.3 is 0 Å². The Morgan fingerprint density at radius 1 is 1.14 bits per heavy atom. The van der Waals surface area contributed by atoms with Gasteiger partial charge in [-0.2, -0.15) is 0 Å². The molecule has 0 fully saturated rings. The van der Waals surface area contributed by atoms with E-state index in [-0.39, 0.29) is 0 Å². The number of oxime groups is 1. The molecule has 21 heavy (non-hydrogen) atoms. The first-order valence-corrected chi connectivity index (χ1v) is 8.27. The second-order valence-electron chi connectivity index (χ2n) is 4.21. The highest BCUT2D eigenvalue weighted by atomic mass is 35.5. The number of thioether (sulfide) groups is 1. The van der Waals surface area contributed by atoms with E-state index >= 15 is 0 Å². The third-order valence-corrected chi connectivity index (χ3v) is 4.36. The molecule has 2 aromatic carbocycles. The van der Waals surface area contributed by atoms with Gasteiger partial charge in [-0.3, -0.25) is 0 Å². The molecule has 2 nitrogen and oxygen atoms in total. The Kier molecular flexibility index (Phi) is 6.43. The largest absolute Gasteiger partial charge is 0.395 e. The molecule has 2 rings (SSSR count). The highest BCUT2D eigenvalue weighted by Crippen LogP contribution is 2.28. The van der Waals surface area contributed by atoms with Gasteiger partial charge in [0.05, 0.1) is 0 Å². The predicted molar refractivity (Wildman–Crippen MR) is 91.5 cm³/mol. The van der Waals surface area contributed by atoms with E-state index in [1.54, 1.807) is 11.8 Å². The average molecular weight is 340 g/mol. The van der Waals surface area contributed by atoms with Crippen LogP contribution >= 0.6 is 35.0 Å². The van der Waals surface area contributed by atoms with E-state index in [4.69, 9.17) is 28.0 Å². The Balaban J connectivity index is 2.11. The maximum atomic E-state index is 6.19. The van der Waals surface area contributed by atoms with Gasteiger partial charge in [0.25, 0.3) is 0 Å². The Morgan fingerprint density at radius 2 is 1.86 bits per heavy atom. The first-order chi connectivity index (χ1) is 10.2. The van der Waals surface area contributed by atoms with Crippen molar-refractivity contribution in [3.8, 4) is 0 Å². The zero-order valence-electron chi connectivity index (χ0n) is 11.6. The molecule has 110 valence electrons. The summed E-state index contributed by atoms with van der Waals surface area (Å²) >= 11 is 13.8. The lowest BCUT2D eigenvalue weighted by Gasteiger charge is -2.07. The number of hydrogen-bond donors (Lipinski definition) is 0. The molecule has 0 aliphatic carbocycles. The van der Waals surface area contributed by atoms with Crippen LogP contribution in [0.15, 0.2) is 58.6 Å². The molecule has 2 aromatic rings. The van der Waals surface area contributed by atoms with E-state index in [1.165, 1.54) is 5.56 Å². The number of hydrogen-bond acceptors (Lipinski definition) is 3. The third kappa shape index (κ3) is 4.95. The first-order valence-electron chi connectivity index (χ1n) is 6.52. The van der Waals surface area contributed by atoms with E-state index in [0.717, 1.165) is 21.2 Å². The summed E-state index contributed by atoms with van der Waals surface area (Å²) in [5, 5.41) is 5.01. The highest BCUT2D eigenvalue weighted by Gasteiger charge is 2.08. The summed E-state index contributed by atoms with van der Waals surface area (Å²) in [5.74, 6) is 0.840. The van der Waals surface area contributed by atoms with E-state index in [9.17, 15) is 0 Å². The molecule has 0 atom stereocenters. The van der Waals surface area contributed by atoms with Crippen LogP contribution in [0, 0.1) is 0 Å². The van der Waals surface area contributed by atoms with Crippen LogP contribution in [0.1, 0.15) is 18.1 Å². The normalized spacial score (nSPS) is 11.5. The van der Waals surface area contributed by atoms with E-state index in [2.05, 4.69) is 5.16 Å². The zero-order valence-corrected chi connectivity index (χ0v) is 13.9. The van der Waals surface area contributed by atoms with Gasteiger partial charge < -0.3 is 4.84 Å². The molecular weight excluding hydrogens is 325 g/mol. The smallest absolute Gasteiger partial charge is 0.176 e. The number of rotatable bonds is 6. The molecule has 5 heteroatoms. The van der Waals surface area contributed by atoms with Gasteiger partial charge in [-0.05, 0) is 30.7 Å².